The number of aryl methyl sites for hydroxylation is 1. The van der Waals surface area contributed by atoms with Crippen molar-refractivity contribution in [3.05, 3.63) is 29.3 Å². The first-order valence-electron chi connectivity index (χ1n) is 5.47. The predicted molar refractivity (Wildman–Crippen MR) is 60.1 cm³/mol. The number of rotatable bonds is 1. The molecule has 2 heterocycles. The summed E-state index contributed by atoms with van der Waals surface area (Å²) in [7, 11) is 0. The molecule has 1 amide bonds. The van der Waals surface area contributed by atoms with Gasteiger partial charge in [0.05, 0.1) is 18.8 Å². The number of hydrogen-bond acceptors (Lipinski definition) is 3. The van der Waals surface area contributed by atoms with Crippen molar-refractivity contribution in [1.29, 1.82) is 0 Å². The van der Waals surface area contributed by atoms with Crippen LogP contribution in [0.25, 0.3) is 0 Å². The average Bonchev–Trinajstić information content (AvgIpc) is 2.25. The minimum atomic E-state index is -0.323. The predicted octanol–water partition coefficient (Wildman–Crippen LogP) is 0.755. The van der Waals surface area contributed by atoms with E-state index in [1.54, 1.807) is 0 Å². The van der Waals surface area contributed by atoms with E-state index in [0.29, 0.717) is 19.6 Å². The van der Waals surface area contributed by atoms with Crippen molar-refractivity contribution in [2.75, 3.05) is 18.5 Å². The van der Waals surface area contributed by atoms with Gasteiger partial charge >= 0.3 is 0 Å². The quantitative estimate of drug-likeness (QED) is 0.731. The second-order valence-electron chi connectivity index (χ2n) is 4.57. The number of nitrogens with two attached hydrogens (primary N) is 1. The van der Waals surface area contributed by atoms with E-state index >= 15 is 0 Å². The maximum absolute atomic E-state index is 11.2. The first-order valence-corrected chi connectivity index (χ1v) is 5.47. The summed E-state index contributed by atoms with van der Waals surface area (Å²) in [5.41, 5.74) is 9.05. The van der Waals surface area contributed by atoms with Crippen molar-refractivity contribution in [3.63, 3.8) is 0 Å². The van der Waals surface area contributed by atoms with Crippen LogP contribution in [0.3, 0.4) is 0 Å². The maximum atomic E-state index is 11.2. The molecule has 0 saturated carbocycles. The molecule has 4 heteroatoms. The summed E-state index contributed by atoms with van der Waals surface area (Å²) < 4.78 is 5.16. The smallest absolute Gasteiger partial charge is 0.224 e. The standard InChI is InChI=1S/C12H14N2O2/c13-12(6-16-7-12)9-2-3-10-8(5-9)1-4-11(15)14-10/h2-3,5H,1,4,6-7,13H2,(H,14,15). The Morgan fingerprint density at radius 3 is 2.81 bits per heavy atom. The van der Waals surface area contributed by atoms with Gasteiger partial charge in [-0.05, 0) is 23.6 Å². The Morgan fingerprint density at radius 1 is 1.31 bits per heavy atom. The number of amides is 1. The number of carbonyl (C=O) groups is 1. The van der Waals surface area contributed by atoms with Gasteiger partial charge in [0.15, 0.2) is 0 Å². The highest BCUT2D eigenvalue weighted by Gasteiger charge is 2.36. The van der Waals surface area contributed by atoms with E-state index in [0.717, 1.165) is 17.7 Å². The molecular weight excluding hydrogens is 204 g/mol. The number of benzene rings is 1. The second-order valence-corrected chi connectivity index (χ2v) is 4.57. The first-order chi connectivity index (χ1) is 7.67. The topological polar surface area (TPSA) is 64.4 Å². The zero-order valence-corrected chi connectivity index (χ0v) is 8.95. The van der Waals surface area contributed by atoms with Gasteiger partial charge in [-0.25, -0.2) is 0 Å². The van der Waals surface area contributed by atoms with Gasteiger partial charge in [-0.1, -0.05) is 12.1 Å². The lowest BCUT2D eigenvalue weighted by Crippen LogP contribution is -2.54. The maximum Gasteiger partial charge on any atom is 0.224 e. The van der Waals surface area contributed by atoms with Crippen LogP contribution in [0.4, 0.5) is 5.69 Å². The van der Waals surface area contributed by atoms with Gasteiger partial charge in [0.25, 0.3) is 0 Å². The number of anilines is 1. The fourth-order valence-corrected chi connectivity index (χ4v) is 2.18. The van der Waals surface area contributed by atoms with E-state index in [1.165, 1.54) is 5.56 Å². The van der Waals surface area contributed by atoms with Crippen LogP contribution in [0.15, 0.2) is 18.2 Å². The van der Waals surface area contributed by atoms with Crippen LogP contribution >= 0.6 is 0 Å². The van der Waals surface area contributed by atoms with E-state index in [4.69, 9.17) is 10.5 Å². The molecule has 2 aliphatic rings. The van der Waals surface area contributed by atoms with Crippen LogP contribution in [0, 0.1) is 0 Å². The molecule has 4 nitrogen and oxygen atoms in total. The molecular formula is C12H14N2O2. The van der Waals surface area contributed by atoms with E-state index in [-0.39, 0.29) is 11.4 Å². The first kappa shape index (κ1) is 9.81. The average molecular weight is 218 g/mol. The zero-order chi connectivity index (χ0) is 11.2. The number of fused-ring (bicyclic) bond motifs is 1. The summed E-state index contributed by atoms with van der Waals surface area (Å²) in [5, 5.41) is 2.86. The lowest BCUT2D eigenvalue weighted by molar-refractivity contribution is -0.116. The molecule has 1 aromatic rings. The monoisotopic (exact) mass is 218 g/mol. The van der Waals surface area contributed by atoms with Gasteiger partial charge in [-0.3, -0.25) is 4.79 Å². The Hall–Kier alpha value is -1.39. The fraction of sp³-hybridized carbons (Fsp3) is 0.417. The van der Waals surface area contributed by atoms with Crippen LogP contribution in [0.5, 0.6) is 0 Å². The number of carbonyl (C=O) groups excluding carboxylic acids is 1. The lowest BCUT2D eigenvalue weighted by atomic mass is 9.86. The molecule has 0 bridgehead atoms. The third-order valence-corrected chi connectivity index (χ3v) is 3.29. The Labute approximate surface area is 93.8 Å². The summed E-state index contributed by atoms with van der Waals surface area (Å²) in [6.07, 6.45) is 1.36. The molecule has 16 heavy (non-hydrogen) atoms. The minimum absolute atomic E-state index is 0.0923. The van der Waals surface area contributed by atoms with Crippen LogP contribution in [-0.2, 0) is 21.5 Å². The van der Waals surface area contributed by atoms with Crippen molar-refractivity contribution in [3.8, 4) is 0 Å². The Kier molecular flexibility index (Phi) is 2.02. The van der Waals surface area contributed by atoms with Crippen LogP contribution in [0.2, 0.25) is 0 Å². The third-order valence-electron chi connectivity index (χ3n) is 3.29. The molecule has 1 saturated heterocycles. The number of nitrogens with one attached hydrogen (secondary N) is 1. The van der Waals surface area contributed by atoms with E-state index in [2.05, 4.69) is 11.4 Å². The molecule has 3 N–H and O–H groups in total. The van der Waals surface area contributed by atoms with E-state index in [9.17, 15) is 4.79 Å². The molecule has 3 rings (SSSR count). The van der Waals surface area contributed by atoms with Gasteiger partial charge in [0.1, 0.15) is 0 Å². The summed E-state index contributed by atoms with van der Waals surface area (Å²) in [5.74, 6) is 0.0923. The molecule has 0 atom stereocenters. The van der Waals surface area contributed by atoms with Crippen LogP contribution < -0.4 is 11.1 Å². The summed E-state index contributed by atoms with van der Waals surface area (Å²) >= 11 is 0. The molecule has 0 radical (unpaired) electrons. The molecule has 0 aliphatic carbocycles. The highest BCUT2D eigenvalue weighted by atomic mass is 16.5. The normalized spacial score (nSPS) is 21.9. The molecule has 84 valence electrons. The summed E-state index contributed by atoms with van der Waals surface area (Å²) in [4.78, 5) is 11.2. The Balaban J connectivity index is 1.96. The highest BCUT2D eigenvalue weighted by molar-refractivity contribution is 5.93. The van der Waals surface area contributed by atoms with Gasteiger partial charge < -0.3 is 15.8 Å². The molecule has 1 fully saturated rings. The van der Waals surface area contributed by atoms with Gasteiger partial charge in [0.2, 0.25) is 5.91 Å². The van der Waals surface area contributed by atoms with Gasteiger partial charge in [-0.2, -0.15) is 0 Å². The SMILES string of the molecule is NC1(c2ccc3c(c2)CCC(=O)N3)COC1. The third kappa shape index (κ3) is 1.42. The largest absolute Gasteiger partial charge is 0.377 e. The number of hydrogen-bond donors (Lipinski definition) is 2. The van der Waals surface area contributed by atoms with Crippen molar-refractivity contribution < 1.29 is 9.53 Å². The minimum Gasteiger partial charge on any atom is -0.377 e. The fourth-order valence-electron chi connectivity index (χ4n) is 2.18. The molecule has 0 spiro atoms. The summed E-state index contributed by atoms with van der Waals surface area (Å²) in [6.45, 7) is 1.16. The van der Waals surface area contributed by atoms with E-state index in [1.807, 2.05) is 12.1 Å². The molecule has 0 aromatic heterocycles. The van der Waals surface area contributed by atoms with E-state index < -0.39 is 0 Å². The molecule has 1 aromatic carbocycles. The summed E-state index contributed by atoms with van der Waals surface area (Å²) in [6, 6.07) is 6.01. The zero-order valence-electron chi connectivity index (χ0n) is 8.95. The van der Waals surface area contributed by atoms with Gasteiger partial charge in [-0.15, -0.1) is 0 Å². The second kappa shape index (κ2) is 3.30. The van der Waals surface area contributed by atoms with Crippen molar-refractivity contribution in [1.82, 2.24) is 0 Å². The molecule has 2 aliphatic heterocycles. The van der Waals surface area contributed by atoms with Crippen LogP contribution in [0.1, 0.15) is 17.5 Å². The van der Waals surface area contributed by atoms with Crippen molar-refractivity contribution >= 4 is 11.6 Å². The van der Waals surface area contributed by atoms with Gasteiger partial charge in [0, 0.05) is 12.1 Å². The van der Waals surface area contributed by atoms with Crippen molar-refractivity contribution in [2.45, 2.75) is 18.4 Å². The molecule has 0 unspecified atom stereocenters. The highest BCUT2D eigenvalue weighted by Crippen LogP contribution is 2.31. The van der Waals surface area contributed by atoms with Crippen molar-refractivity contribution in [2.24, 2.45) is 5.73 Å². The van der Waals surface area contributed by atoms with Crippen LogP contribution in [-0.4, -0.2) is 19.1 Å². The Morgan fingerprint density at radius 2 is 2.12 bits per heavy atom. The Bertz CT molecular complexity index is 452. The lowest BCUT2D eigenvalue weighted by Gasteiger charge is -2.38. The number of ether oxygens (including phenoxy) is 1.